The van der Waals surface area contributed by atoms with E-state index in [-0.39, 0.29) is 5.75 Å². The van der Waals surface area contributed by atoms with Crippen molar-refractivity contribution in [2.75, 3.05) is 12.4 Å². The summed E-state index contributed by atoms with van der Waals surface area (Å²) >= 11 is 0. The number of hydrogen-bond acceptors (Lipinski definition) is 4. The van der Waals surface area contributed by atoms with Crippen molar-refractivity contribution in [3.8, 4) is 0 Å². The van der Waals surface area contributed by atoms with Crippen molar-refractivity contribution in [2.45, 2.75) is 19.4 Å². The van der Waals surface area contributed by atoms with Crippen LogP contribution in [0.25, 0.3) is 0 Å². The Morgan fingerprint density at radius 2 is 1.81 bits per heavy atom. The molecule has 0 aliphatic rings. The maximum Gasteiger partial charge on any atom is 0.0945 e. The van der Waals surface area contributed by atoms with Gasteiger partial charge >= 0.3 is 0 Å². The quantitative estimate of drug-likeness (QED) is 0.538. The summed E-state index contributed by atoms with van der Waals surface area (Å²) < 4.78 is 36.2. The van der Waals surface area contributed by atoms with Crippen LogP contribution >= 0.6 is 0 Å². The Bertz CT molecular complexity index is 386. The van der Waals surface area contributed by atoms with Crippen molar-refractivity contribution in [3.63, 3.8) is 0 Å². The van der Waals surface area contributed by atoms with Crippen molar-refractivity contribution < 1.29 is 17.7 Å². The smallest absolute Gasteiger partial charge is 0.0945 e. The molecule has 0 aliphatic heterocycles. The molecule has 0 heterocycles. The Labute approximate surface area is 96.0 Å². The van der Waals surface area contributed by atoms with E-state index in [0.29, 0.717) is 26.1 Å². The first-order chi connectivity index (χ1) is 7.58. The SMILES string of the molecule is O=S(=O)([O-])CCCCOCc1ccccc1. The summed E-state index contributed by atoms with van der Waals surface area (Å²) in [6.07, 6.45) is 0.953. The van der Waals surface area contributed by atoms with Crippen molar-refractivity contribution in [3.05, 3.63) is 35.9 Å². The van der Waals surface area contributed by atoms with Gasteiger partial charge in [-0.15, -0.1) is 0 Å². The van der Waals surface area contributed by atoms with Crippen LogP contribution in [0.3, 0.4) is 0 Å². The molecule has 0 radical (unpaired) electrons. The molecule has 1 rings (SSSR count). The number of rotatable bonds is 7. The number of unbranched alkanes of at least 4 members (excludes halogenated alkanes) is 1. The van der Waals surface area contributed by atoms with E-state index in [0.717, 1.165) is 5.56 Å². The minimum atomic E-state index is -4.07. The molecule has 0 aliphatic carbocycles. The summed E-state index contributed by atoms with van der Waals surface area (Å²) in [6, 6.07) is 9.72. The topological polar surface area (TPSA) is 66.4 Å². The first-order valence-corrected chi connectivity index (χ1v) is 6.71. The molecular formula is C11H15O4S-. The van der Waals surface area contributed by atoms with Crippen LogP contribution < -0.4 is 0 Å². The Balaban J connectivity index is 2.05. The minimum Gasteiger partial charge on any atom is -0.748 e. The lowest BCUT2D eigenvalue weighted by molar-refractivity contribution is 0.118. The van der Waals surface area contributed by atoms with Crippen LogP contribution in [-0.4, -0.2) is 25.3 Å². The molecule has 90 valence electrons. The maximum atomic E-state index is 10.3. The highest BCUT2D eigenvalue weighted by atomic mass is 32.2. The number of hydrogen-bond donors (Lipinski definition) is 0. The fraction of sp³-hybridized carbons (Fsp3) is 0.455. The van der Waals surface area contributed by atoms with Crippen molar-refractivity contribution in [2.24, 2.45) is 0 Å². The molecule has 0 saturated heterocycles. The molecule has 0 bridgehead atoms. The van der Waals surface area contributed by atoms with Crippen LogP contribution in [0.5, 0.6) is 0 Å². The molecule has 0 fully saturated rings. The van der Waals surface area contributed by atoms with Gasteiger partial charge in [-0.05, 0) is 18.4 Å². The highest BCUT2D eigenvalue weighted by Gasteiger charge is 1.96. The van der Waals surface area contributed by atoms with E-state index in [1.165, 1.54) is 0 Å². The van der Waals surface area contributed by atoms with Crippen LogP contribution in [0.2, 0.25) is 0 Å². The molecule has 0 amide bonds. The molecule has 0 spiro atoms. The predicted octanol–water partition coefficient (Wildman–Crippen LogP) is 1.53. The second kappa shape index (κ2) is 6.62. The van der Waals surface area contributed by atoms with Crippen molar-refractivity contribution in [1.29, 1.82) is 0 Å². The number of ether oxygens (including phenoxy) is 1. The fourth-order valence-electron chi connectivity index (χ4n) is 1.25. The normalized spacial score (nSPS) is 11.6. The Hall–Kier alpha value is -0.910. The van der Waals surface area contributed by atoms with Gasteiger partial charge in [0.2, 0.25) is 0 Å². The fourth-order valence-corrected chi connectivity index (χ4v) is 1.80. The lowest BCUT2D eigenvalue weighted by Gasteiger charge is -2.06. The third-order valence-corrected chi connectivity index (χ3v) is 2.83. The van der Waals surface area contributed by atoms with Crippen molar-refractivity contribution >= 4 is 10.1 Å². The van der Waals surface area contributed by atoms with E-state index in [4.69, 9.17) is 4.74 Å². The van der Waals surface area contributed by atoms with Gasteiger partial charge in [0, 0.05) is 12.4 Å². The zero-order valence-corrected chi connectivity index (χ0v) is 9.78. The van der Waals surface area contributed by atoms with Gasteiger partial charge in [-0.2, -0.15) is 0 Å². The van der Waals surface area contributed by atoms with Crippen LogP contribution in [0.15, 0.2) is 30.3 Å². The molecule has 1 aromatic rings. The van der Waals surface area contributed by atoms with Gasteiger partial charge in [0.1, 0.15) is 0 Å². The summed E-state index contributed by atoms with van der Waals surface area (Å²) in [6.45, 7) is 0.995. The molecule has 5 heteroatoms. The average Bonchev–Trinajstić information content (AvgIpc) is 2.23. The van der Waals surface area contributed by atoms with Gasteiger partial charge in [-0.1, -0.05) is 30.3 Å². The number of benzene rings is 1. The predicted molar refractivity (Wildman–Crippen MR) is 59.9 cm³/mol. The van der Waals surface area contributed by atoms with Gasteiger partial charge < -0.3 is 9.29 Å². The average molecular weight is 243 g/mol. The summed E-state index contributed by atoms with van der Waals surface area (Å²) in [5.41, 5.74) is 1.08. The van der Waals surface area contributed by atoms with Gasteiger partial charge in [0.25, 0.3) is 0 Å². The van der Waals surface area contributed by atoms with Crippen LogP contribution in [0.4, 0.5) is 0 Å². The minimum absolute atomic E-state index is 0.304. The molecule has 0 saturated carbocycles. The lowest BCUT2D eigenvalue weighted by Crippen LogP contribution is -2.05. The highest BCUT2D eigenvalue weighted by Crippen LogP contribution is 2.02. The summed E-state index contributed by atoms with van der Waals surface area (Å²) in [5.74, 6) is -0.304. The van der Waals surface area contributed by atoms with E-state index < -0.39 is 10.1 Å². The summed E-state index contributed by atoms with van der Waals surface area (Å²) in [7, 11) is -4.07. The summed E-state index contributed by atoms with van der Waals surface area (Å²) in [5, 5.41) is 0. The monoisotopic (exact) mass is 243 g/mol. The second-order valence-electron chi connectivity index (χ2n) is 3.51. The van der Waals surface area contributed by atoms with Gasteiger partial charge in [-0.3, -0.25) is 0 Å². The molecule has 0 aromatic heterocycles. The van der Waals surface area contributed by atoms with Crippen LogP contribution in [-0.2, 0) is 21.5 Å². The molecular weight excluding hydrogens is 228 g/mol. The van der Waals surface area contributed by atoms with Crippen LogP contribution in [0, 0.1) is 0 Å². The zero-order valence-electron chi connectivity index (χ0n) is 8.96. The van der Waals surface area contributed by atoms with E-state index in [9.17, 15) is 13.0 Å². The van der Waals surface area contributed by atoms with Gasteiger partial charge in [-0.25, -0.2) is 8.42 Å². The molecule has 0 unspecified atom stereocenters. The highest BCUT2D eigenvalue weighted by molar-refractivity contribution is 7.85. The van der Waals surface area contributed by atoms with E-state index >= 15 is 0 Å². The Morgan fingerprint density at radius 1 is 1.12 bits per heavy atom. The van der Waals surface area contributed by atoms with Gasteiger partial charge in [0.15, 0.2) is 0 Å². The van der Waals surface area contributed by atoms with E-state index in [2.05, 4.69) is 0 Å². The van der Waals surface area contributed by atoms with Crippen molar-refractivity contribution in [1.82, 2.24) is 0 Å². The van der Waals surface area contributed by atoms with E-state index in [1.807, 2.05) is 30.3 Å². The largest absolute Gasteiger partial charge is 0.748 e. The van der Waals surface area contributed by atoms with Gasteiger partial charge in [0.05, 0.1) is 16.7 Å². The molecule has 16 heavy (non-hydrogen) atoms. The zero-order chi connectivity index (χ0) is 11.9. The Kier molecular flexibility index (Phi) is 5.45. The molecule has 0 atom stereocenters. The first kappa shape index (κ1) is 13.2. The van der Waals surface area contributed by atoms with Crippen LogP contribution in [0.1, 0.15) is 18.4 Å². The standard InChI is InChI=1S/C11H16O4S/c12-16(13,14)9-5-4-8-15-10-11-6-2-1-3-7-11/h1-3,6-7H,4-5,8-10H2,(H,12,13,14)/p-1. The lowest BCUT2D eigenvalue weighted by atomic mass is 10.2. The molecule has 0 N–H and O–H groups in total. The third-order valence-electron chi connectivity index (χ3n) is 2.04. The Morgan fingerprint density at radius 3 is 2.44 bits per heavy atom. The summed E-state index contributed by atoms with van der Waals surface area (Å²) in [4.78, 5) is 0. The third kappa shape index (κ3) is 6.55. The maximum absolute atomic E-state index is 10.3. The molecule has 1 aromatic carbocycles. The first-order valence-electron chi connectivity index (χ1n) is 5.13. The molecule has 4 nitrogen and oxygen atoms in total. The second-order valence-corrected chi connectivity index (χ2v) is 5.03. The van der Waals surface area contributed by atoms with E-state index in [1.54, 1.807) is 0 Å².